The predicted octanol–water partition coefficient (Wildman–Crippen LogP) is 2.93. The molecule has 20 heavy (non-hydrogen) atoms. The van der Waals surface area contributed by atoms with Gasteiger partial charge in [0.2, 0.25) is 5.78 Å². The molecular weight excluding hydrogens is 256 g/mol. The maximum atomic E-state index is 11.5. The fourth-order valence-corrected chi connectivity index (χ4v) is 1.74. The van der Waals surface area contributed by atoms with Crippen molar-refractivity contribution in [3.05, 3.63) is 29.8 Å². The van der Waals surface area contributed by atoms with Crippen molar-refractivity contribution in [3.63, 3.8) is 0 Å². The number of carbonyl (C=O) groups is 2. The molecule has 110 valence electrons. The number of Topliss-reactive ketones (excluding diaryl/α,β-unsaturated/α-hetero) is 1. The van der Waals surface area contributed by atoms with Gasteiger partial charge in [-0.25, -0.2) is 4.79 Å². The molecule has 0 heterocycles. The monoisotopic (exact) mass is 278 g/mol. The van der Waals surface area contributed by atoms with Crippen LogP contribution in [0.25, 0.3) is 0 Å². The van der Waals surface area contributed by atoms with E-state index in [1.807, 2.05) is 31.2 Å². The van der Waals surface area contributed by atoms with Gasteiger partial charge in [-0.15, -0.1) is 0 Å². The van der Waals surface area contributed by atoms with E-state index in [1.165, 1.54) is 0 Å². The van der Waals surface area contributed by atoms with Gasteiger partial charge in [0.15, 0.2) is 0 Å². The highest BCUT2D eigenvalue weighted by molar-refractivity contribution is 6.33. The van der Waals surface area contributed by atoms with E-state index in [1.54, 1.807) is 7.11 Å². The molecular formula is C16H22O4. The van der Waals surface area contributed by atoms with Gasteiger partial charge in [-0.1, -0.05) is 25.5 Å². The number of hydrogen-bond acceptors (Lipinski definition) is 4. The lowest BCUT2D eigenvalue weighted by molar-refractivity contribution is -0.154. The molecule has 1 aromatic carbocycles. The smallest absolute Gasteiger partial charge is 0.374 e. The average Bonchev–Trinajstić information content (AvgIpc) is 2.48. The van der Waals surface area contributed by atoms with Crippen LogP contribution in [-0.4, -0.2) is 25.5 Å². The van der Waals surface area contributed by atoms with Crippen LogP contribution in [-0.2, 0) is 20.7 Å². The zero-order valence-electron chi connectivity index (χ0n) is 12.2. The minimum atomic E-state index is -0.701. The predicted molar refractivity (Wildman–Crippen MR) is 76.8 cm³/mol. The summed E-state index contributed by atoms with van der Waals surface area (Å²) in [7, 11) is 1.62. The van der Waals surface area contributed by atoms with Crippen molar-refractivity contribution in [1.29, 1.82) is 0 Å². The Bertz CT molecular complexity index is 423. The van der Waals surface area contributed by atoms with Gasteiger partial charge in [0.25, 0.3) is 0 Å². The third-order valence-corrected chi connectivity index (χ3v) is 2.99. The molecule has 1 rings (SSSR count). The quantitative estimate of drug-likeness (QED) is 0.396. The molecule has 4 heteroatoms. The van der Waals surface area contributed by atoms with E-state index in [9.17, 15) is 9.59 Å². The Morgan fingerprint density at radius 2 is 1.80 bits per heavy atom. The summed E-state index contributed by atoms with van der Waals surface area (Å²) in [5.41, 5.74) is 1.12. The molecule has 0 amide bonds. The number of unbranched alkanes of at least 4 members (excludes halogenated alkanes) is 1. The van der Waals surface area contributed by atoms with Crippen molar-refractivity contribution in [2.24, 2.45) is 0 Å². The van der Waals surface area contributed by atoms with E-state index in [4.69, 9.17) is 9.47 Å². The topological polar surface area (TPSA) is 52.6 Å². The molecule has 0 aliphatic carbocycles. The standard InChI is InChI=1S/C16H22O4/c1-3-4-12-20-16(18)15(17)7-5-6-13-8-10-14(19-2)11-9-13/h8-11H,3-7,12H2,1-2H3. The summed E-state index contributed by atoms with van der Waals surface area (Å²) >= 11 is 0. The van der Waals surface area contributed by atoms with Gasteiger partial charge < -0.3 is 9.47 Å². The third kappa shape index (κ3) is 5.87. The first-order valence-electron chi connectivity index (χ1n) is 7.00. The molecule has 0 saturated heterocycles. The maximum Gasteiger partial charge on any atom is 0.374 e. The second kappa shape index (κ2) is 9.13. The van der Waals surface area contributed by atoms with Crippen molar-refractivity contribution in [2.45, 2.75) is 39.0 Å². The summed E-state index contributed by atoms with van der Waals surface area (Å²) in [4.78, 5) is 22.9. The van der Waals surface area contributed by atoms with Crippen LogP contribution in [0.5, 0.6) is 5.75 Å². The Hall–Kier alpha value is -1.84. The van der Waals surface area contributed by atoms with Crippen LogP contribution < -0.4 is 4.74 Å². The van der Waals surface area contributed by atoms with Gasteiger partial charge in [-0.3, -0.25) is 4.79 Å². The van der Waals surface area contributed by atoms with Gasteiger partial charge in [0.1, 0.15) is 5.75 Å². The minimum absolute atomic E-state index is 0.233. The zero-order valence-corrected chi connectivity index (χ0v) is 12.2. The van der Waals surface area contributed by atoms with Crippen LogP contribution in [0, 0.1) is 0 Å². The van der Waals surface area contributed by atoms with Crippen molar-refractivity contribution < 1.29 is 19.1 Å². The highest BCUT2D eigenvalue weighted by atomic mass is 16.5. The molecule has 4 nitrogen and oxygen atoms in total. The third-order valence-electron chi connectivity index (χ3n) is 2.99. The van der Waals surface area contributed by atoms with Crippen molar-refractivity contribution in [3.8, 4) is 5.75 Å². The summed E-state index contributed by atoms with van der Waals surface area (Å²) in [6, 6.07) is 7.69. The number of esters is 1. The Morgan fingerprint density at radius 1 is 1.10 bits per heavy atom. The second-order valence-corrected chi connectivity index (χ2v) is 4.61. The lowest BCUT2D eigenvalue weighted by Crippen LogP contribution is -2.17. The van der Waals surface area contributed by atoms with E-state index in [-0.39, 0.29) is 6.42 Å². The molecule has 0 atom stereocenters. The normalized spacial score (nSPS) is 10.1. The van der Waals surface area contributed by atoms with Crippen LogP contribution in [0.3, 0.4) is 0 Å². The van der Waals surface area contributed by atoms with E-state index < -0.39 is 11.8 Å². The largest absolute Gasteiger partial charge is 0.497 e. The average molecular weight is 278 g/mol. The van der Waals surface area contributed by atoms with Gasteiger partial charge >= 0.3 is 5.97 Å². The van der Waals surface area contributed by atoms with E-state index in [2.05, 4.69) is 0 Å². The number of ether oxygens (including phenoxy) is 2. The van der Waals surface area contributed by atoms with Crippen LogP contribution in [0.15, 0.2) is 24.3 Å². The Kier molecular flexibility index (Phi) is 7.40. The summed E-state index contributed by atoms with van der Waals surface area (Å²) < 4.78 is 9.95. The number of methoxy groups -OCH3 is 1. The molecule has 0 aliphatic heterocycles. The minimum Gasteiger partial charge on any atom is -0.497 e. The van der Waals surface area contributed by atoms with Crippen LogP contribution in [0.2, 0.25) is 0 Å². The van der Waals surface area contributed by atoms with E-state index in [0.717, 1.165) is 30.6 Å². The lowest BCUT2D eigenvalue weighted by Gasteiger charge is -2.04. The van der Waals surface area contributed by atoms with Crippen LogP contribution in [0.4, 0.5) is 0 Å². The highest BCUT2D eigenvalue weighted by Gasteiger charge is 2.14. The molecule has 0 N–H and O–H groups in total. The van der Waals surface area contributed by atoms with E-state index in [0.29, 0.717) is 13.0 Å². The molecule has 0 saturated carbocycles. The number of hydrogen-bond donors (Lipinski definition) is 0. The number of carbonyl (C=O) groups excluding carboxylic acids is 2. The first kappa shape index (κ1) is 16.2. The fourth-order valence-electron chi connectivity index (χ4n) is 1.74. The van der Waals surface area contributed by atoms with Crippen molar-refractivity contribution >= 4 is 11.8 Å². The Labute approximate surface area is 120 Å². The molecule has 1 aromatic rings. The van der Waals surface area contributed by atoms with Gasteiger partial charge in [-0.05, 0) is 37.0 Å². The molecule has 0 fully saturated rings. The molecule has 0 bridgehead atoms. The van der Waals surface area contributed by atoms with Crippen molar-refractivity contribution in [2.75, 3.05) is 13.7 Å². The number of benzene rings is 1. The maximum absolute atomic E-state index is 11.5. The molecule has 0 unspecified atom stereocenters. The zero-order chi connectivity index (χ0) is 14.8. The van der Waals surface area contributed by atoms with Crippen LogP contribution >= 0.6 is 0 Å². The van der Waals surface area contributed by atoms with Gasteiger partial charge in [-0.2, -0.15) is 0 Å². The molecule has 0 spiro atoms. The first-order valence-corrected chi connectivity index (χ1v) is 7.00. The number of rotatable bonds is 9. The number of aryl methyl sites for hydroxylation is 1. The summed E-state index contributed by atoms with van der Waals surface area (Å²) in [6.45, 7) is 2.34. The van der Waals surface area contributed by atoms with E-state index >= 15 is 0 Å². The molecule has 0 radical (unpaired) electrons. The fraction of sp³-hybridized carbons (Fsp3) is 0.500. The van der Waals surface area contributed by atoms with Gasteiger partial charge in [0, 0.05) is 6.42 Å². The van der Waals surface area contributed by atoms with Crippen molar-refractivity contribution in [1.82, 2.24) is 0 Å². The molecule has 0 aliphatic rings. The summed E-state index contributed by atoms with van der Waals surface area (Å²) in [5.74, 6) is -0.327. The SMILES string of the molecule is CCCCOC(=O)C(=O)CCCc1ccc(OC)cc1. The second-order valence-electron chi connectivity index (χ2n) is 4.61. The summed E-state index contributed by atoms with van der Waals surface area (Å²) in [6.07, 6.45) is 3.38. The van der Waals surface area contributed by atoms with Crippen LogP contribution in [0.1, 0.15) is 38.2 Å². The lowest BCUT2D eigenvalue weighted by atomic mass is 10.1. The summed E-state index contributed by atoms with van der Waals surface area (Å²) in [5, 5.41) is 0. The Morgan fingerprint density at radius 3 is 2.40 bits per heavy atom. The Balaban J connectivity index is 2.25. The van der Waals surface area contributed by atoms with Gasteiger partial charge in [0.05, 0.1) is 13.7 Å². The molecule has 0 aromatic heterocycles. The highest BCUT2D eigenvalue weighted by Crippen LogP contribution is 2.13. The number of ketones is 1. The first-order chi connectivity index (χ1) is 9.67.